The number of hydrogen-bond acceptors (Lipinski definition) is 2. The molecule has 2 nitrogen and oxygen atoms in total. The van der Waals surface area contributed by atoms with Gasteiger partial charge in [0.25, 0.3) is 0 Å². The van der Waals surface area contributed by atoms with E-state index in [0.717, 1.165) is 6.54 Å². The van der Waals surface area contributed by atoms with Crippen molar-refractivity contribution < 1.29 is 0 Å². The summed E-state index contributed by atoms with van der Waals surface area (Å²) >= 11 is 0. The third-order valence-electron chi connectivity index (χ3n) is 4.47. The van der Waals surface area contributed by atoms with E-state index >= 15 is 0 Å². The second-order valence-electron chi connectivity index (χ2n) is 6.13. The van der Waals surface area contributed by atoms with Crippen molar-refractivity contribution in [2.24, 2.45) is 0 Å². The molecule has 1 saturated heterocycles. The molecule has 0 bridgehead atoms. The molecule has 0 amide bonds. The van der Waals surface area contributed by atoms with Crippen LogP contribution in [0.15, 0.2) is 24.3 Å². The third kappa shape index (κ3) is 3.76. The van der Waals surface area contributed by atoms with Gasteiger partial charge < -0.3 is 10.2 Å². The van der Waals surface area contributed by atoms with Crippen LogP contribution in [0.4, 0.5) is 5.69 Å². The maximum atomic E-state index is 3.63. The Morgan fingerprint density at radius 3 is 2.85 bits per heavy atom. The first-order valence-corrected chi connectivity index (χ1v) is 8.33. The lowest BCUT2D eigenvalue weighted by Gasteiger charge is -2.33. The molecule has 2 atom stereocenters. The van der Waals surface area contributed by atoms with Crippen molar-refractivity contribution in [1.29, 1.82) is 0 Å². The van der Waals surface area contributed by atoms with Gasteiger partial charge >= 0.3 is 0 Å². The fourth-order valence-electron chi connectivity index (χ4n) is 3.22. The summed E-state index contributed by atoms with van der Waals surface area (Å²) in [5.41, 5.74) is 2.90. The lowest BCUT2D eigenvalue weighted by Crippen LogP contribution is -2.34. The standard InChI is InChI=1S/C18H30N2/c1-4-13-19-16(3)17-11-7-8-12-18(17)20-14-9-5-6-10-15(20)2/h7-8,11-12,15-16,19H,4-6,9-10,13-14H2,1-3H3. The number of hydrogen-bond donors (Lipinski definition) is 1. The van der Waals surface area contributed by atoms with Crippen LogP contribution in [0.3, 0.4) is 0 Å². The Balaban J connectivity index is 2.21. The maximum absolute atomic E-state index is 3.63. The minimum Gasteiger partial charge on any atom is -0.369 e. The summed E-state index contributed by atoms with van der Waals surface area (Å²) < 4.78 is 0. The SMILES string of the molecule is CCCNC(C)c1ccccc1N1CCCCCC1C. The molecule has 2 rings (SSSR count). The number of anilines is 1. The molecule has 1 heterocycles. The van der Waals surface area contributed by atoms with Crippen LogP contribution in [-0.2, 0) is 0 Å². The van der Waals surface area contributed by atoms with Crippen molar-refractivity contribution in [2.45, 2.75) is 65.0 Å². The van der Waals surface area contributed by atoms with E-state index in [1.807, 2.05) is 0 Å². The molecule has 1 aliphatic heterocycles. The van der Waals surface area contributed by atoms with Crippen LogP contribution in [0, 0.1) is 0 Å². The predicted octanol–water partition coefficient (Wildman–Crippen LogP) is 4.52. The summed E-state index contributed by atoms with van der Waals surface area (Å²) in [6.07, 6.45) is 6.60. The van der Waals surface area contributed by atoms with Gasteiger partial charge in [-0.25, -0.2) is 0 Å². The highest BCUT2D eigenvalue weighted by Crippen LogP contribution is 2.30. The zero-order chi connectivity index (χ0) is 14.4. The molecule has 1 aromatic carbocycles. The van der Waals surface area contributed by atoms with Gasteiger partial charge in [-0.05, 0) is 51.3 Å². The van der Waals surface area contributed by atoms with Gasteiger partial charge in [-0.1, -0.05) is 38.0 Å². The van der Waals surface area contributed by atoms with Crippen molar-refractivity contribution in [2.75, 3.05) is 18.0 Å². The van der Waals surface area contributed by atoms with Gasteiger partial charge in [-0.15, -0.1) is 0 Å². The smallest absolute Gasteiger partial charge is 0.0417 e. The Bertz CT molecular complexity index is 402. The van der Waals surface area contributed by atoms with Crippen molar-refractivity contribution in [1.82, 2.24) is 5.32 Å². The summed E-state index contributed by atoms with van der Waals surface area (Å²) in [5, 5.41) is 3.63. The molecule has 112 valence electrons. The molecule has 1 aliphatic rings. The van der Waals surface area contributed by atoms with E-state index in [1.54, 1.807) is 0 Å². The highest BCUT2D eigenvalue weighted by molar-refractivity contribution is 5.55. The Hall–Kier alpha value is -1.02. The van der Waals surface area contributed by atoms with E-state index in [2.05, 4.69) is 55.3 Å². The van der Waals surface area contributed by atoms with Crippen LogP contribution < -0.4 is 10.2 Å². The Labute approximate surface area is 124 Å². The second kappa shape index (κ2) is 7.68. The molecule has 2 unspecified atom stereocenters. The van der Waals surface area contributed by atoms with Gasteiger partial charge in [-0.3, -0.25) is 0 Å². The fourth-order valence-corrected chi connectivity index (χ4v) is 3.22. The Morgan fingerprint density at radius 1 is 1.25 bits per heavy atom. The molecule has 2 heteroatoms. The number of benzene rings is 1. The van der Waals surface area contributed by atoms with Crippen LogP contribution in [-0.4, -0.2) is 19.1 Å². The normalized spacial score (nSPS) is 21.6. The van der Waals surface area contributed by atoms with Gasteiger partial charge in [0, 0.05) is 24.3 Å². The van der Waals surface area contributed by atoms with Gasteiger partial charge in [0.1, 0.15) is 0 Å². The van der Waals surface area contributed by atoms with Crippen LogP contribution in [0.25, 0.3) is 0 Å². The summed E-state index contributed by atoms with van der Waals surface area (Å²) in [4.78, 5) is 2.63. The lowest BCUT2D eigenvalue weighted by molar-refractivity contribution is 0.562. The van der Waals surface area contributed by atoms with Gasteiger partial charge in [0.15, 0.2) is 0 Å². The number of para-hydroxylation sites is 1. The first kappa shape index (κ1) is 15.4. The van der Waals surface area contributed by atoms with E-state index in [9.17, 15) is 0 Å². The topological polar surface area (TPSA) is 15.3 Å². The predicted molar refractivity (Wildman–Crippen MR) is 88.4 cm³/mol. The Kier molecular flexibility index (Phi) is 5.90. The van der Waals surface area contributed by atoms with E-state index in [-0.39, 0.29) is 0 Å². The minimum atomic E-state index is 0.432. The van der Waals surface area contributed by atoms with Crippen molar-refractivity contribution >= 4 is 5.69 Å². The Morgan fingerprint density at radius 2 is 2.05 bits per heavy atom. The molecular formula is C18H30N2. The fraction of sp³-hybridized carbons (Fsp3) is 0.667. The molecule has 0 radical (unpaired) electrons. The minimum absolute atomic E-state index is 0.432. The monoisotopic (exact) mass is 274 g/mol. The maximum Gasteiger partial charge on any atom is 0.0417 e. The van der Waals surface area contributed by atoms with E-state index in [0.29, 0.717) is 12.1 Å². The van der Waals surface area contributed by atoms with E-state index in [4.69, 9.17) is 0 Å². The van der Waals surface area contributed by atoms with Gasteiger partial charge in [0.2, 0.25) is 0 Å². The number of nitrogens with one attached hydrogen (secondary N) is 1. The summed E-state index contributed by atoms with van der Waals surface area (Å²) in [6.45, 7) is 9.19. The zero-order valence-electron chi connectivity index (χ0n) is 13.4. The van der Waals surface area contributed by atoms with Gasteiger partial charge in [0.05, 0.1) is 0 Å². The average Bonchev–Trinajstić information content (AvgIpc) is 2.69. The van der Waals surface area contributed by atoms with Crippen LogP contribution in [0.2, 0.25) is 0 Å². The molecule has 0 aliphatic carbocycles. The lowest BCUT2D eigenvalue weighted by atomic mass is 10.0. The summed E-state index contributed by atoms with van der Waals surface area (Å²) in [7, 11) is 0. The highest BCUT2D eigenvalue weighted by Gasteiger charge is 2.21. The number of nitrogens with zero attached hydrogens (tertiary/aromatic N) is 1. The van der Waals surface area contributed by atoms with Crippen molar-refractivity contribution in [3.63, 3.8) is 0 Å². The van der Waals surface area contributed by atoms with Crippen LogP contribution >= 0.6 is 0 Å². The molecule has 0 saturated carbocycles. The second-order valence-corrected chi connectivity index (χ2v) is 6.13. The molecule has 1 N–H and O–H groups in total. The number of rotatable bonds is 5. The molecular weight excluding hydrogens is 244 g/mol. The highest BCUT2D eigenvalue weighted by atomic mass is 15.2. The first-order chi connectivity index (χ1) is 9.74. The van der Waals surface area contributed by atoms with Crippen LogP contribution in [0.1, 0.15) is 64.5 Å². The molecule has 0 spiro atoms. The summed E-state index contributed by atoms with van der Waals surface area (Å²) in [5.74, 6) is 0. The quantitative estimate of drug-likeness (QED) is 0.849. The average molecular weight is 274 g/mol. The largest absolute Gasteiger partial charge is 0.369 e. The van der Waals surface area contributed by atoms with E-state index in [1.165, 1.54) is 49.9 Å². The molecule has 20 heavy (non-hydrogen) atoms. The summed E-state index contributed by atoms with van der Waals surface area (Å²) in [6, 6.07) is 10.1. The van der Waals surface area contributed by atoms with Crippen molar-refractivity contribution in [3.8, 4) is 0 Å². The van der Waals surface area contributed by atoms with Gasteiger partial charge in [-0.2, -0.15) is 0 Å². The molecule has 1 aromatic rings. The first-order valence-electron chi connectivity index (χ1n) is 8.33. The third-order valence-corrected chi connectivity index (χ3v) is 4.47. The van der Waals surface area contributed by atoms with Crippen molar-refractivity contribution in [3.05, 3.63) is 29.8 Å². The molecule has 0 aromatic heterocycles. The van der Waals surface area contributed by atoms with E-state index < -0.39 is 0 Å². The van der Waals surface area contributed by atoms with Crippen LogP contribution in [0.5, 0.6) is 0 Å². The zero-order valence-corrected chi connectivity index (χ0v) is 13.4. The molecule has 1 fully saturated rings.